The van der Waals surface area contributed by atoms with Crippen molar-refractivity contribution in [3.63, 3.8) is 0 Å². The molecule has 0 spiro atoms. The summed E-state index contributed by atoms with van der Waals surface area (Å²) in [6.07, 6.45) is 3.17. The van der Waals surface area contributed by atoms with Crippen LogP contribution in [-0.4, -0.2) is 53.5 Å². The lowest BCUT2D eigenvalue weighted by Gasteiger charge is -2.33. The number of hydrogen-bond donors (Lipinski definition) is 1. The van der Waals surface area contributed by atoms with Crippen molar-refractivity contribution in [2.45, 2.75) is 6.92 Å². The molecule has 6 nitrogen and oxygen atoms in total. The maximum absolute atomic E-state index is 12.3. The summed E-state index contributed by atoms with van der Waals surface area (Å²) in [6.45, 7) is 7.11. The van der Waals surface area contributed by atoms with Gasteiger partial charge in [0.25, 0.3) is 5.91 Å². The van der Waals surface area contributed by atoms with Crippen molar-refractivity contribution in [2.75, 3.05) is 42.9 Å². The summed E-state index contributed by atoms with van der Waals surface area (Å²) in [7, 11) is 0. The van der Waals surface area contributed by atoms with Crippen molar-refractivity contribution in [3.05, 3.63) is 46.7 Å². The Morgan fingerprint density at radius 3 is 2.54 bits per heavy atom. The van der Waals surface area contributed by atoms with Gasteiger partial charge >= 0.3 is 0 Å². The molecule has 0 unspecified atom stereocenters. The number of aromatic nitrogens is 2. The quantitative estimate of drug-likeness (QED) is 0.870. The lowest BCUT2D eigenvalue weighted by Crippen LogP contribution is -2.46. The normalized spacial score (nSPS) is 15.3. The van der Waals surface area contributed by atoms with Crippen LogP contribution in [0.5, 0.6) is 0 Å². The van der Waals surface area contributed by atoms with E-state index in [0.29, 0.717) is 11.5 Å². The van der Waals surface area contributed by atoms with E-state index in [9.17, 15) is 4.79 Å². The predicted octanol–water partition coefficient (Wildman–Crippen LogP) is 2.63. The van der Waals surface area contributed by atoms with Gasteiger partial charge in [0.05, 0.1) is 5.56 Å². The molecule has 0 aliphatic carbocycles. The summed E-state index contributed by atoms with van der Waals surface area (Å²) in [6, 6.07) is 7.46. The fourth-order valence-electron chi connectivity index (χ4n) is 2.64. The van der Waals surface area contributed by atoms with Crippen LogP contribution in [0, 0.1) is 0 Å². The number of nitrogens with zero attached hydrogens (tertiary/aromatic N) is 4. The topological polar surface area (TPSA) is 61.4 Å². The van der Waals surface area contributed by atoms with E-state index in [1.54, 1.807) is 12.4 Å². The molecular weight excluding hydrogens is 370 g/mol. The fourth-order valence-corrected chi connectivity index (χ4v) is 3.03. The zero-order valence-corrected chi connectivity index (χ0v) is 15.2. The van der Waals surface area contributed by atoms with Crippen molar-refractivity contribution >= 4 is 33.5 Å². The smallest absolute Gasteiger partial charge is 0.258 e. The minimum Gasteiger partial charge on any atom is -0.338 e. The van der Waals surface area contributed by atoms with Gasteiger partial charge in [0.1, 0.15) is 0 Å². The van der Waals surface area contributed by atoms with Crippen molar-refractivity contribution in [1.29, 1.82) is 0 Å². The van der Waals surface area contributed by atoms with Gasteiger partial charge in [-0.05, 0) is 24.7 Å². The van der Waals surface area contributed by atoms with E-state index < -0.39 is 0 Å². The second-order valence-electron chi connectivity index (χ2n) is 5.66. The maximum atomic E-state index is 12.3. The number of nitrogens with one attached hydrogen (secondary N) is 1. The first-order chi connectivity index (χ1) is 11.7. The molecule has 1 aliphatic heterocycles. The highest BCUT2D eigenvalue weighted by Gasteiger charge is 2.18. The summed E-state index contributed by atoms with van der Waals surface area (Å²) in [5, 5.41) is 2.84. The fraction of sp³-hybridized carbons (Fsp3) is 0.353. The Hall–Kier alpha value is -1.99. The number of halogens is 1. The Morgan fingerprint density at radius 1 is 1.21 bits per heavy atom. The molecule has 0 atom stereocenters. The average Bonchev–Trinajstić information content (AvgIpc) is 2.62. The van der Waals surface area contributed by atoms with Crippen molar-refractivity contribution in [2.24, 2.45) is 0 Å². The van der Waals surface area contributed by atoms with Gasteiger partial charge in [0.15, 0.2) is 0 Å². The van der Waals surface area contributed by atoms with Crippen LogP contribution in [0.25, 0.3) is 0 Å². The molecule has 7 heteroatoms. The molecule has 126 valence electrons. The summed E-state index contributed by atoms with van der Waals surface area (Å²) < 4.78 is 0.915. The van der Waals surface area contributed by atoms with Gasteiger partial charge in [-0.3, -0.25) is 4.79 Å². The number of rotatable bonds is 4. The standard InChI is InChI=1S/C17H20BrN5O/c1-2-22-6-8-23(9-7-22)17-19-11-13(12-20-17)16(24)21-15-5-3-4-14(18)10-15/h3-5,10-12H,2,6-9H2,1H3,(H,21,24). The lowest BCUT2D eigenvalue weighted by atomic mass is 10.3. The van der Waals surface area contributed by atoms with Gasteiger partial charge < -0.3 is 15.1 Å². The van der Waals surface area contributed by atoms with Crippen LogP contribution in [0.4, 0.5) is 11.6 Å². The van der Waals surface area contributed by atoms with Crippen LogP contribution < -0.4 is 10.2 Å². The Kier molecular flexibility index (Phi) is 5.42. The minimum absolute atomic E-state index is 0.213. The van der Waals surface area contributed by atoms with Gasteiger partial charge in [0, 0.05) is 48.7 Å². The number of amides is 1. The van der Waals surface area contributed by atoms with E-state index in [-0.39, 0.29) is 5.91 Å². The lowest BCUT2D eigenvalue weighted by molar-refractivity contribution is 0.102. The summed E-state index contributed by atoms with van der Waals surface area (Å²) in [4.78, 5) is 25.5. The monoisotopic (exact) mass is 389 g/mol. The second kappa shape index (κ2) is 7.72. The van der Waals surface area contributed by atoms with Crippen molar-refractivity contribution in [3.8, 4) is 0 Å². The third kappa shape index (κ3) is 4.10. The van der Waals surface area contributed by atoms with E-state index in [0.717, 1.165) is 42.9 Å². The average molecular weight is 390 g/mol. The third-order valence-electron chi connectivity index (χ3n) is 4.09. The molecule has 1 amide bonds. The van der Waals surface area contributed by atoms with Gasteiger partial charge in [0.2, 0.25) is 5.95 Å². The predicted molar refractivity (Wildman–Crippen MR) is 98.5 cm³/mol. The molecule has 1 aliphatic rings. The van der Waals surface area contributed by atoms with E-state index in [2.05, 4.69) is 47.9 Å². The Bertz CT molecular complexity index is 698. The van der Waals surface area contributed by atoms with Gasteiger partial charge in [-0.2, -0.15) is 0 Å². The van der Waals surface area contributed by atoms with Gasteiger partial charge in [-0.25, -0.2) is 9.97 Å². The molecule has 1 N–H and O–H groups in total. The van der Waals surface area contributed by atoms with E-state index >= 15 is 0 Å². The molecule has 2 heterocycles. The molecule has 24 heavy (non-hydrogen) atoms. The number of carbonyl (C=O) groups is 1. The zero-order valence-electron chi connectivity index (χ0n) is 13.6. The molecule has 2 aromatic rings. The van der Waals surface area contributed by atoms with Crippen LogP contribution in [0.3, 0.4) is 0 Å². The number of anilines is 2. The third-order valence-corrected chi connectivity index (χ3v) is 4.58. The zero-order chi connectivity index (χ0) is 16.9. The molecule has 1 fully saturated rings. The first kappa shape index (κ1) is 16.9. The Labute approximate surface area is 150 Å². The highest BCUT2D eigenvalue weighted by molar-refractivity contribution is 9.10. The van der Waals surface area contributed by atoms with Crippen LogP contribution in [0.1, 0.15) is 17.3 Å². The molecule has 0 radical (unpaired) electrons. The van der Waals surface area contributed by atoms with Crippen molar-refractivity contribution < 1.29 is 4.79 Å². The van der Waals surface area contributed by atoms with Crippen LogP contribution in [0.2, 0.25) is 0 Å². The Morgan fingerprint density at radius 2 is 1.92 bits per heavy atom. The number of piperazine rings is 1. The van der Waals surface area contributed by atoms with Crippen LogP contribution in [-0.2, 0) is 0 Å². The summed E-state index contributed by atoms with van der Waals surface area (Å²) >= 11 is 3.39. The Balaban J connectivity index is 1.63. The molecule has 0 bridgehead atoms. The summed E-state index contributed by atoms with van der Waals surface area (Å²) in [5.74, 6) is 0.472. The van der Waals surface area contributed by atoms with E-state index in [1.807, 2.05) is 24.3 Å². The van der Waals surface area contributed by atoms with E-state index in [1.165, 1.54) is 0 Å². The SMILES string of the molecule is CCN1CCN(c2ncc(C(=O)Nc3cccc(Br)c3)cn2)CC1. The van der Waals surface area contributed by atoms with Crippen LogP contribution in [0.15, 0.2) is 41.1 Å². The molecule has 1 aromatic heterocycles. The molecule has 1 saturated heterocycles. The first-order valence-corrected chi connectivity index (χ1v) is 8.81. The number of likely N-dealkylation sites (N-methyl/N-ethyl adjacent to an activating group) is 1. The molecule has 0 saturated carbocycles. The minimum atomic E-state index is -0.213. The van der Waals surface area contributed by atoms with Gasteiger partial charge in [-0.1, -0.05) is 28.9 Å². The van der Waals surface area contributed by atoms with E-state index in [4.69, 9.17) is 0 Å². The van der Waals surface area contributed by atoms with Crippen molar-refractivity contribution in [1.82, 2.24) is 14.9 Å². The van der Waals surface area contributed by atoms with Crippen LogP contribution >= 0.6 is 15.9 Å². The second-order valence-corrected chi connectivity index (χ2v) is 6.57. The highest BCUT2D eigenvalue weighted by Crippen LogP contribution is 2.17. The number of benzene rings is 1. The molecular formula is C17H20BrN5O. The molecule has 3 rings (SSSR count). The number of carbonyl (C=O) groups excluding carboxylic acids is 1. The molecule has 1 aromatic carbocycles. The maximum Gasteiger partial charge on any atom is 0.258 e. The summed E-state index contributed by atoms with van der Waals surface area (Å²) in [5.41, 5.74) is 1.18. The number of hydrogen-bond acceptors (Lipinski definition) is 5. The first-order valence-electron chi connectivity index (χ1n) is 8.02. The van der Waals surface area contributed by atoms with Gasteiger partial charge in [-0.15, -0.1) is 0 Å². The highest BCUT2D eigenvalue weighted by atomic mass is 79.9. The largest absolute Gasteiger partial charge is 0.338 e.